The number of benzene rings is 2. The maximum Gasteiger partial charge on any atom is 0.290 e. The second-order valence-electron chi connectivity index (χ2n) is 7.38. The van der Waals surface area contributed by atoms with E-state index in [2.05, 4.69) is 0 Å². The summed E-state index contributed by atoms with van der Waals surface area (Å²) < 4.78 is 6.03. The molecule has 6 heteroatoms. The maximum atomic E-state index is 13.5. The van der Waals surface area contributed by atoms with Gasteiger partial charge in [0, 0.05) is 18.0 Å². The molecule has 2 heterocycles. The van der Waals surface area contributed by atoms with E-state index in [1.54, 1.807) is 16.7 Å². The van der Waals surface area contributed by atoms with Crippen LogP contribution in [0.15, 0.2) is 50.5 Å². The number of carbonyl (C=O) groups is 1. The molecule has 1 atom stereocenters. The van der Waals surface area contributed by atoms with Crippen LogP contribution in [0.3, 0.4) is 0 Å². The Balaban J connectivity index is 1.97. The van der Waals surface area contributed by atoms with Crippen molar-refractivity contribution in [3.05, 3.63) is 74.6 Å². The minimum Gasteiger partial charge on any atom is -0.450 e. The zero-order valence-electron chi connectivity index (χ0n) is 16.7. The maximum absolute atomic E-state index is 13.5. The molecule has 1 amide bonds. The molecule has 0 aliphatic carbocycles. The smallest absolute Gasteiger partial charge is 0.290 e. The van der Waals surface area contributed by atoms with Gasteiger partial charge in [-0.3, -0.25) is 9.59 Å². The highest BCUT2D eigenvalue weighted by molar-refractivity contribution is 7.98. The Hall–Kier alpha value is -2.57. The van der Waals surface area contributed by atoms with Gasteiger partial charge in [0.1, 0.15) is 5.58 Å². The van der Waals surface area contributed by atoms with Crippen LogP contribution in [0.2, 0.25) is 0 Å². The molecule has 1 aromatic heterocycles. The monoisotopic (exact) mass is 409 g/mol. The predicted molar refractivity (Wildman–Crippen MR) is 115 cm³/mol. The molecule has 1 aliphatic heterocycles. The number of hydrogen-bond acceptors (Lipinski definition) is 5. The molecule has 3 aromatic rings. The van der Waals surface area contributed by atoms with Crippen molar-refractivity contribution in [3.63, 3.8) is 0 Å². The quantitative estimate of drug-likeness (QED) is 0.644. The molecule has 0 saturated heterocycles. The van der Waals surface area contributed by atoms with Crippen LogP contribution in [0.5, 0.6) is 0 Å². The van der Waals surface area contributed by atoms with Gasteiger partial charge in [0.05, 0.1) is 17.0 Å². The molecule has 5 nitrogen and oxygen atoms in total. The lowest BCUT2D eigenvalue weighted by Gasteiger charge is -2.25. The second-order valence-corrected chi connectivity index (χ2v) is 8.26. The SMILES string of the molecule is CSc1ccc([C@H]2c3c(oc4c(C)cc(C)cc4c3=O)C(=O)N2CCCO)cc1. The standard InChI is InChI=1S/C23H23NO4S/c1-13-11-14(2)21-17(12-13)20(26)18-19(15-5-7-16(29-3)8-6-15)24(9-4-10-25)23(27)22(18)28-21/h5-8,11-12,19,25H,4,9-10H2,1-3H3/t19-/m0/s1. The summed E-state index contributed by atoms with van der Waals surface area (Å²) in [5.41, 5.74) is 3.37. The Morgan fingerprint density at radius 1 is 1.14 bits per heavy atom. The van der Waals surface area contributed by atoms with Crippen molar-refractivity contribution in [2.45, 2.75) is 31.2 Å². The van der Waals surface area contributed by atoms with Gasteiger partial charge in [-0.25, -0.2) is 0 Å². The number of thioether (sulfide) groups is 1. The summed E-state index contributed by atoms with van der Waals surface area (Å²) in [6.45, 7) is 4.14. The van der Waals surface area contributed by atoms with Gasteiger partial charge in [-0.1, -0.05) is 18.2 Å². The van der Waals surface area contributed by atoms with Crippen LogP contribution < -0.4 is 5.43 Å². The number of nitrogens with zero attached hydrogens (tertiary/aromatic N) is 1. The third-order valence-corrected chi connectivity index (χ3v) is 6.13. The van der Waals surface area contributed by atoms with Crippen molar-refractivity contribution in [1.29, 1.82) is 0 Å². The Kier molecular flexibility index (Phi) is 5.23. The van der Waals surface area contributed by atoms with Crippen LogP contribution >= 0.6 is 11.8 Å². The summed E-state index contributed by atoms with van der Waals surface area (Å²) in [5.74, 6) is -0.183. The predicted octanol–water partition coefficient (Wildman–Crippen LogP) is 4.06. The first-order valence-corrected chi connectivity index (χ1v) is 10.8. The average Bonchev–Trinajstić information content (AvgIpc) is 2.99. The summed E-state index contributed by atoms with van der Waals surface area (Å²) in [7, 11) is 0. The molecule has 4 rings (SSSR count). The molecule has 2 aromatic carbocycles. The molecule has 0 saturated carbocycles. The van der Waals surface area contributed by atoms with E-state index in [0.29, 0.717) is 29.5 Å². The number of carbonyl (C=O) groups excluding carboxylic acids is 1. The van der Waals surface area contributed by atoms with Gasteiger partial charge < -0.3 is 14.4 Å². The van der Waals surface area contributed by atoms with Crippen LogP contribution in [0.25, 0.3) is 11.0 Å². The third kappa shape index (κ3) is 3.26. The van der Waals surface area contributed by atoms with Gasteiger partial charge in [0.2, 0.25) is 5.76 Å². The van der Waals surface area contributed by atoms with Crippen LogP contribution in [-0.4, -0.2) is 35.3 Å². The number of rotatable bonds is 5. The zero-order chi connectivity index (χ0) is 20.7. The number of aliphatic hydroxyl groups is 1. The lowest BCUT2D eigenvalue weighted by molar-refractivity contribution is 0.0716. The number of amides is 1. The van der Waals surface area contributed by atoms with Crippen molar-refractivity contribution >= 4 is 28.6 Å². The number of aryl methyl sites for hydroxylation is 2. The lowest BCUT2D eigenvalue weighted by atomic mass is 9.97. The van der Waals surface area contributed by atoms with E-state index in [4.69, 9.17) is 4.42 Å². The fourth-order valence-electron chi connectivity index (χ4n) is 4.08. The van der Waals surface area contributed by atoms with Crippen molar-refractivity contribution in [2.75, 3.05) is 19.4 Å². The van der Waals surface area contributed by atoms with E-state index in [9.17, 15) is 14.7 Å². The molecule has 0 radical (unpaired) electrons. The van der Waals surface area contributed by atoms with Gasteiger partial charge in [-0.05, 0) is 61.4 Å². The fourth-order valence-corrected chi connectivity index (χ4v) is 4.49. The average molecular weight is 410 g/mol. The molecule has 0 unspecified atom stereocenters. The summed E-state index contributed by atoms with van der Waals surface area (Å²) in [6.07, 6.45) is 2.44. The van der Waals surface area contributed by atoms with E-state index in [0.717, 1.165) is 21.6 Å². The van der Waals surface area contributed by atoms with E-state index in [-0.39, 0.29) is 23.7 Å². The minimum absolute atomic E-state index is 0.0279. The fraction of sp³-hybridized carbons (Fsp3) is 0.304. The highest BCUT2D eigenvalue weighted by Gasteiger charge is 2.42. The Bertz CT molecular complexity index is 1150. The van der Waals surface area contributed by atoms with E-state index in [1.807, 2.05) is 56.5 Å². The first-order valence-electron chi connectivity index (χ1n) is 9.60. The number of hydrogen-bond donors (Lipinski definition) is 1. The zero-order valence-corrected chi connectivity index (χ0v) is 17.5. The molecule has 0 bridgehead atoms. The normalized spacial score (nSPS) is 15.9. The van der Waals surface area contributed by atoms with E-state index < -0.39 is 6.04 Å². The number of fused-ring (bicyclic) bond motifs is 2. The van der Waals surface area contributed by atoms with E-state index in [1.165, 1.54) is 0 Å². The first kappa shape index (κ1) is 19.7. The molecule has 0 fully saturated rings. The van der Waals surface area contributed by atoms with Crippen LogP contribution in [0.1, 0.15) is 45.3 Å². The molecule has 1 N–H and O–H groups in total. The van der Waals surface area contributed by atoms with Crippen molar-refractivity contribution in [3.8, 4) is 0 Å². The summed E-state index contributed by atoms with van der Waals surface area (Å²) >= 11 is 1.64. The highest BCUT2D eigenvalue weighted by Crippen LogP contribution is 2.39. The van der Waals surface area contributed by atoms with Gasteiger partial charge in [-0.2, -0.15) is 0 Å². The van der Waals surface area contributed by atoms with Crippen LogP contribution in [0.4, 0.5) is 0 Å². The minimum atomic E-state index is -0.513. The molecular formula is C23H23NO4S. The topological polar surface area (TPSA) is 70.8 Å². The second kappa shape index (κ2) is 7.69. The largest absolute Gasteiger partial charge is 0.450 e. The van der Waals surface area contributed by atoms with E-state index >= 15 is 0 Å². The lowest BCUT2D eigenvalue weighted by Crippen LogP contribution is -2.31. The third-order valence-electron chi connectivity index (χ3n) is 5.39. The first-order chi connectivity index (χ1) is 14.0. The van der Waals surface area contributed by atoms with Crippen molar-refractivity contribution in [2.24, 2.45) is 0 Å². The Labute approximate surface area is 173 Å². The summed E-state index contributed by atoms with van der Waals surface area (Å²) in [4.78, 5) is 29.4. The van der Waals surface area contributed by atoms with Crippen LogP contribution in [-0.2, 0) is 0 Å². The highest BCUT2D eigenvalue weighted by atomic mass is 32.2. The van der Waals surface area contributed by atoms with Gasteiger partial charge in [0.15, 0.2) is 5.43 Å². The van der Waals surface area contributed by atoms with Crippen molar-refractivity contribution in [1.82, 2.24) is 4.90 Å². The van der Waals surface area contributed by atoms with Crippen molar-refractivity contribution < 1.29 is 14.3 Å². The molecule has 150 valence electrons. The summed E-state index contributed by atoms with van der Waals surface area (Å²) in [6, 6.07) is 11.1. The van der Waals surface area contributed by atoms with Gasteiger partial charge >= 0.3 is 0 Å². The van der Waals surface area contributed by atoms with Gasteiger partial charge in [0.25, 0.3) is 5.91 Å². The Morgan fingerprint density at radius 3 is 2.52 bits per heavy atom. The number of aliphatic hydroxyl groups excluding tert-OH is 1. The molecule has 0 spiro atoms. The molecule has 29 heavy (non-hydrogen) atoms. The summed E-state index contributed by atoms with van der Waals surface area (Å²) in [5, 5.41) is 9.81. The Morgan fingerprint density at radius 2 is 1.86 bits per heavy atom. The molecular weight excluding hydrogens is 386 g/mol. The van der Waals surface area contributed by atoms with Crippen LogP contribution in [0, 0.1) is 13.8 Å². The van der Waals surface area contributed by atoms with Gasteiger partial charge in [-0.15, -0.1) is 11.8 Å². The molecule has 1 aliphatic rings.